The second-order valence-electron chi connectivity index (χ2n) is 2.18. The fourth-order valence-corrected chi connectivity index (χ4v) is 1.65. The summed E-state index contributed by atoms with van der Waals surface area (Å²) >= 11 is 0.876. The molecule has 0 saturated heterocycles. The zero-order valence-electron chi connectivity index (χ0n) is 5.64. The van der Waals surface area contributed by atoms with E-state index in [0.717, 1.165) is 11.3 Å². The molecule has 0 bridgehead atoms. The lowest BCUT2D eigenvalue weighted by molar-refractivity contribution is 0.506. The van der Waals surface area contributed by atoms with Gasteiger partial charge in [-0.3, -0.25) is 0 Å². The zero-order chi connectivity index (χ0) is 8.72. The maximum absolute atomic E-state index is 12.8. The largest absolute Gasteiger partial charge is 0.241 e. The van der Waals surface area contributed by atoms with Crippen molar-refractivity contribution in [3.8, 4) is 0 Å². The zero-order valence-corrected chi connectivity index (χ0v) is 6.46. The average molecular weight is 189 g/mol. The van der Waals surface area contributed by atoms with Crippen LogP contribution in [-0.4, -0.2) is 4.98 Å². The van der Waals surface area contributed by atoms with Gasteiger partial charge < -0.3 is 0 Å². The Morgan fingerprint density at radius 1 is 1.17 bits per heavy atom. The molecule has 0 spiro atoms. The molecule has 1 aromatic heterocycles. The van der Waals surface area contributed by atoms with Crippen molar-refractivity contribution in [2.45, 2.75) is 0 Å². The van der Waals surface area contributed by atoms with Crippen LogP contribution in [0.4, 0.5) is 13.2 Å². The highest BCUT2D eigenvalue weighted by Gasteiger charge is 2.13. The normalized spacial score (nSPS) is 10.9. The maximum atomic E-state index is 12.8. The summed E-state index contributed by atoms with van der Waals surface area (Å²) in [5.74, 6) is -3.04. The molecule has 0 fully saturated rings. The number of halogens is 3. The van der Waals surface area contributed by atoms with Crippen molar-refractivity contribution >= 4 is 21.6 Å². The second-order valence-corrected chi connectivity index (χ2v) is 3.04. The van der Waals surface area contributed by atoms with E-state index in [9.17, 15) is 13.2 Å². The van der Waals surface area contributed by atoms with Gasteiger partial charge >= 0.3 is 0 Å². The van der Waals surface area contributed by atoms with Gasteiger partial charge in [0.15, 0.2) is 17.5 Å². The van der Waals surface area contributed by atoms with Gasteiger partial charge in [0.2, 0.25) is 0 Å². The van der Waals surface area contributed by atoms with Crippen molar-refractivity contribution in [2.24, 2.45) is 0 Å². The van der Waals surface area contributed by atoms with Crippen LogP contribution in [0.5, 0.6) is 0 Å². The fraction of sp³-hybridized carbons (Fsp3) is 0. The molecule has 0 atom stereocenters. The van der Waals surface area contributed by atoms with E-state index < -0.39 is 17.5 Å². The molecule has 2 rings (SSSR count). The predicted molar refractivity (Wildman–Crippen MR) is 39.5 cm³/mol. The summed E-state index contributed by atoms with van der Waals surface area (Å²) in [4.78, 5) is 3.56. The Hall–Kier alpha value is -1.10. The predicted octanol–water partition coefficient (Wildman–Crippen LogP) is 2.71. The molecule has 1 aromatic carbocycles. The van der Waals surface area contributed by atoms with Gasteiger partial charge in [-0.1, -0.05) is 0 Å². The minimum atomic E-state index is -1.18. The van der Waals surface area contributed by atoms with Gasteiger partial charge in [-0.25, -0.2) is 18.2 Å². The van der Waals surface area contributed by atoms with Crippen LogP contribution >= 0.6 is 11.3 Å². The Morgan fingerprint density at radius 2 is 1.92 bits per heavy atom. The molecule has 5 heteroatoms. The number of thiazole rings is 1. The fourth-order valence-electron chi connectivity index (χ4n) is 0.923. The van der Waals surface area contributed by atoms with Crippen molar-refractivity contribution in [2.75, 3.05) is 0 Å². The van der Waals surface area contributed by atoms with E-state index in [1.165, 1.54) is 5.51 Å². The Labute approximate surface area is 69.5 Å². The quantitative estimate of drug-likeness (QED) is 0.580. The first-order valence-electron chi connectivity index (χ1n) is 3.07. The lowest BCUT2D eigenvalue weighted by Gasteiger charge is -1.94. The highest BCUT2D eigenvalue weighted by Crippen LogP contribution is 2.25. The van der Waals surface area contributed by atoms with Crippen molar-refractivity contribution in [1.82, 2.24) is 4.98 Å². The van der Waals surface area contributed by atoms with Crippen LogP contribution in [0.2, 0.25) is 0 Å². The van der Waals surface area contributed by atoms with Crippen LogP contribution in [-0.2, 0) is 0 Å². The summed E-state index contributed by atoms with van der Waals surface area (Å²) in [5, 5.41) is 0. The van der Waals surface area contributed by atoms with Crippen molar-refractivity contribution in [1.29, 1.82) is 0 Å². The van der Waals surface area contributed by atoms with Gasteiger partial charge in [0, 0.05) is 6.07 Å². The molecule has 0 aliphatic heterocycles. The molecule has 0 amide bonds. The summed E-state index contributed by atoms with van der Waals surface area (Å²) in [7, 11) is 0. The Balaban J connectivity index is 2.97. The number of hydrogen-bond donors (Lipinski definition) is 0. The molecule has 0 aliphatic rings. The molecule has 0 saturated carbocycles. The highest BCUT2D eigenvalue weighted by atomic mass is 32.1. The number of nitrogens with zero attached hydrogens (tertiary/aromatic N) is 1. The lowest BCUT2D eigenvalue weighted by Crippen LogP contribution is -1.87. The minimum Gasteiger partial charge on any atom is -0.241 e. The van der Waals surface area contributed by atoms with E-state index in [1.807, 2.05) is 0 Å². The molecule has 0 N–H and O–H groups in total. The van der Waals surface area contributed by atoms with Crippen LogP contribution < -0.4 is 0 Å². The Morgan fingerprint density at radius 3 is 2.67 bits per heavy atom. The van der Waals surface area contributed by atoms with Gasteiger partial charge in [-0.05, 0) is 0 Å². The van der Waals surface area contributed by atoms with Gasteiger partial charge in [0.25, 0.3) is 0 Å². The highest BCUT2D eigenvalue weighted by molar-refractivity contribution is 7.16. The smallest absolute Gasteiger partial charge is 0.178 e. The third-order valence-electron chi connectivity index (χ3n) is 1.46. The Kier molecular flexibility index (Phi) is 1.54. The first-order chi connectivity index (χ1) is 5.70. The van der Waals surface area contributed by atoms with Crippen molar-refractivity contribution < 1.29 is 13.2 Å². The van der Waals surface area contributed by atoms with E-state index in [-0.39, 0.29) is 10.2 Å². The first kappa shape index (κ1) is 7.54. The number of benzene rings is 1. The number of rotatable bonds is 0. The first-order valence-corrected chi connectivity index (χ1v) is 3.95. The molecular weight excluding hydrogens is 187 g/mol. The molecule has 1 nitrogen and oxygen atoms in total. The summed E-state index contributed by atoms with van der Waals surface area (Å²) in [6, 6.07) is 0.497. The molecule has 12 heavy (non-hydrogen) atoms. The number of fused-ring (bicyclic) bond motifs is 1. The molecule has 0 aliphatic carbocycles. The summed E-state index contributed by atoms with van der Waals surface area (Å²) in [5.41, 5.74) is 1.16. The summed E-state index contributed by atoms with van der Waals surface area (Å²) < 4.78 is 38.1. The standard InChI is InChI=1S/C7H2F3NS/c8-3-1-4(9)6-7(5(3)10)12-2-11-6/h1-2H. The van der Waals surface area contributed by atoms with Gasteiger partial charge in [-0.15, -0.1) is 11.3 Å². The molecule has 0 unspecified atom stereocenters. The lowest BCUT2D eigenvalue weighted by atomic mass is 10.3. The number of hydrogen-bond acceptors (Lipinski definition) is 2. The second kappa shape index (κ2) is 2.45. The van der Waals surface area contributed by atoms with E-state index in [1.54, 1.807) is 0 Å². The van der Waals surface area contributed by atoms with Crippen LogP contribution in [0.3, 0.4) is 0 Å². The molecule has 62 valence electrons. The minimum absolute atomic E-state index is 0.0764. The molecule has 1 heterocycles. The molecule has 0 radical (unpaired) electrons. The van der Waals surface area contributed by atoms with Crippen LogP contribution in [0, 0.1) is 17.5 Å². The third kappa shape index (κ3) is 0.896. The van der Waals surface area contributed by atoms with E-state index in [4.69, 9.17) is 0 Å². The van der Waals surface area contributed by atoms with Crippen molar-refractivity contribution in [3.63, 3.8) is 0 Å². The van der Waals surface area contributed by atoms with Crippen molar-refractivity contribution in [3.05, 3.63) is 29.0 Å². The van der Waals surface area contributed by atoms with Gasteiger partial charge in [0.1, 0.15) is 5.52 Å². The Bertz CT molecular complexity index is 437. The van der Waals surface area contributed by atoms with E-state index in [0.29, 0.717) is 6.07 Å². The average Bonchev–Trinajstić information content (AvgIpc) is 2.48. The molecule has 2 aromatic rings. The van der Waals surface area contributed by atoms with Crippen LogP contribution in [0.25, 0.3) is 10.2 Å². The third-order valence-corrected chi connectivity index (χ3v) is 2.28. The van der Waals surface area contributed by atoms with E-state index >= 15 is 0 Å². The topological polar surface area (TPSA) is 12.9 Å². The summed E-state index contributed by atoms with van der Waals surface area (Å²) in [6.45, 7) is 0. The van der Waals surface area contributed by atoms with Gasteiger partial charge in [0.05, 0.1) is 10.2 Å². The SMILES string of the molecule is Fc1cc(F)c2ncsc2c1F. The van der Waals surface area contributed by atoms with Crippen LogP contribution in [0.15, 0.2) is 11.6 Å². The summed E-state index contributed by atoms with van der Waals surface area (Å²) in [6.07, 6.45) is 0. The maximum Gasteiger partial charge on any atom is 0.178 e. The monoisotopic (exact) mass is 189 g/mol. The van der Waals surface area contributed by atoms with Crippen LogP contribution in [0.1, 0.15) is 0 Å². The van der Waals surface area contributed by atoms with Gasteiger partial charge in [-0.2, -0.15) is 0 Å². The van der Waals surface area contributed by atoms with E-state index in [2.05, 4.69) is 4.98 Å². The molecular formula is C7H2F3NS. The number of aromatic nitrogens is 1.